The monoisotopic (exact) mass is 497 g/mol. The van der Waals surface area contributed by atoms with Crippen molar-refractivity contribution in [1.29, 1.82) is 0 Å². The highest BCUT2D eigenvalue weighted by Gasteiger charge is 2.45. The molecule has 35 heavy (non-hydrogen) atoms. The van der Waals surface area contributed by atoms with Crippen LogP contribution in [0.3, 0.4) is 0 Å². The third-order valence-corrected chi connectivity index (χ3v) is 7.91. The highest BCUT2D eigenvalue weighted by molar-refractivity contribution is 7.99. The second-order valence-electron chi connectivity index (χ2n) is 9.45. The zero-order valence-electron chi connectivity index (χ0n) is 20.4. The van der Waals surface area contributed by atoms with Gasteiger partial charge in [0.25, 0.3) is 5.91 Å². The van der Waals surface area contributed by atoms with Crippen molar-refractivity contribution in [2.24, 2.45) is 0 Å². The highest BCUT2D eigenvalue weighted by atomic mass is 32.2. The number of thioether (sulfide) groups is 1. The van der Waals surface area contributed by atoms with E-state index in [0.717, 1.165) is 46.3 Å². The van der Waals surface area contributed by atoms with E-state index in [2.05, 4.69) is 31.3 Å². The zero-order valence-corrected chi connectivity index (χ0v) is 21.2. The van der Waals surface area contributed by atoms with E-state index < -0.39 is 5.67 Å². The fourth-order valence-electron chi connectivity index (χ4n) is 5.12. The molecular formula is C25H32FN7OS. The van der Waals surface area contributed by atoms with E-state index in [9.17, 15) is 4.79 Å². The molecular weight excluding hydrogens is 465 g/mol. The van der Waals surface area contributed by atoms with Crippen molar-refractivity contribution in [2.75, 3.05) is 31.9 Å². The van der Waals surface area contributed by atoms with Gasteiger partial charge in [0, 0.05) is 75.8 Å². The van der Waals surface area contributed by atoms with Gasteiger partial charge in [-0.2, -0.15) is 0 Å². The molecule has 0 aliphatic carbocycles. The molecule has 3 aromatic heterocycles. The molecule has 2 aliphatic rings. The number of fused-ring (bicyclic) bond motifs is 1. The smallest absolute Gasteiger partial charge is 0.260 e. The number of imidazole rings is 1. The number of rotatable bonds is 6. The molecule has 5 rings (SSSR count). The molecule has 0 radical (unpaired) electrons. The summed E-state index contributed by atoms with van der Waals surface area (Å²) < 4.78 is 18.0. The molecule has 0 unspecified atom stereocenters. The minimum Gasteiger partial charge on any atom is -0.340 e. The summed E-state index contributed by atoms with van der Waals surface area (Å²) in [5.74, 6) is 1.33. The number of likely N-dealkylation sites (tertiary alicyclic amines) is 2. The van der Waals surface area contributed by atoms with Crippen molar-refractivity contribution in [3.8, 4) is 0 Å². The Labute approximate surface area is 209 Å². The molecule has 3 aromatic rings. The Morgan fingerprint density at radius 3 is 2.54 bits per heavy atom. The predicted octanol–water partition coefficient (Wildman–Crippen LogP) is 3.81. The number of piperidine rings is 2. The van der Waals surface area contributed by atoms with Gasteiger partial charge in [-0.1, -0.05) is 18.7 Å². The van der Waals surface area contributed by atoms with E-state index in [4.69, 9.17) is 4.98 Å². The Kier molecular flexibility index (Phi) is 7.02. The second-order valence-corrected chi connectivity index (χ2v) is 10.7. The lowest BCUT2D eigenvalue weighted by Gasteiger charge is -2.40. The van der Waals surface area contributed by atoms with Crippen LogP contribution in [0.4, 0.5) is 4.39 Å². The van der Waals surface area contributed by atoms with Crippen LogP contribution in [-0.4, -0.2) is 77.8 Å². The van der Waals surface area contributed by atoms with Crippen LogP contribution >= 0.6 is 11.8 Å². The van der Waals surface area contributed by atoms with Gasteiger partial charge >= 0.3 is 0 Å². The number of halogens is 1. The molecule has 1 amide bonds. The van der Waals surface area contributed by atoms with Crippen LogP contribution in [0.5, 0.6) is 0 Å². The van der Waals surface area contributed by atoms with E-state index in [-0.39, 0.29) is 24.8 Å². The maximum Gasteiger partial charge on any atom is 0.260 e. The van der Waals surface area contributed by atoms with Gasteiger partial charge in [-0.3, -0.25) is 9.69 Å². The van der Waals surface area contributed by atoms with Gasteiger partial charge in [-0.15, -0.1) is 0 Å². The molecule has 8 nitrogen and oxygen atoms in total. The molecule has 5 heterocycles. The number of carbonyl (C=O) groups excluding carboxylic acids is 1. The number of hydrogen-bond acceptors (Lipinski definition) is 7. The normalized spacial score (nSPS) is 19.3. The molecule has 0 bridgehead atoms. The summed E-state index contributed by atoms with van der Waals surface area (Å²) in [6.07, 6.45) is 7.44. The summed E-state index contributed by atoms with van der Waals surface area (Å²) in [6.45, 7) is 6.87. The summed E-state index contributed by atoms with van der Waals surface area (Å²) >= 11 is 1.71. The van der Waals surface area contributed by atoms with Crippen molar-refractivity contribution >= 4 is 28.8 Å². The molecule has 0 saturated carbocycles. The molecule has 0 N–H and O–H groups in total. The number of aromatic nitrogens is 5. The Hall–Kier alpha value is -2.59. The van der Waals surface area contributed by atoms with Crippen LogP contribution in [0.2, 0.25) is 0 Å². The van der Waals surface area contributed by atoms with Crippen LogP contribution in [0.25, 0.3) is 11.2 Å². The molecule has 0 spiro atoms. The van der Waals surface area contributed by atoms with Crippen molar-refractivity contribution in [2.45, 2.75) is 62.9 Å². The first kappa shape index (κ1) is 24.1. The number of alkyl halides is 1. The summed E-state index contributed by atoms with van der Waals surface area (Å²) in [5, 5.41) is 0.972. The largest absolute Gasteiger partial charge is 0.340 e. The molecule has 0 aromatic carbocycles. The number of aryl methyl sites for hydroxylation is 1. The van der Waals surface area contributed by atoms with Crippen molar-refractivity contribution in [1.82, 2.24) is 34.3 Å². The first-order chi connectivity index (χ1) is 17.0. The van der Waals surface area contributed by atoms with E-state index >= 15 is 4.39 Å². The number of pyridine rings is 1. The predicted molar refractivity (Wildman–Crippen MR) is 134 cm³/mol. The second kappa shape index (κ2) is 10.2. The molecule has 186 valence electrons. The van der Waals surface area contributed by atoms with E-state index in [1.165, 1.54) is 0 Å². The quantitative estimate of drug-likeness (QED) is 0.479. The van der Waals surface area contributed by atoms with Gasteiger partial charge in [0.2, 0.25) is 0 Å². The lowest BCUT2D eigenvalue weighted by Crippen LogP contribution is -2.53. The molecule has 0 atom stereocenters. The number of nitrogens with zero attached hydrogens (tertiary/aromatic N) is 7. The minimum absolute atomic E-state index is 0.210. The van der Waals surface area contributed by atoms with Crippen LogP contribution in [0.15, 0.2) is 35.9 Å². The third-order valence-electron chi connectivity index (χ3n) is 7.08. The van der Waals surface area contributed by atoms with Crippen molar-refractivity contribution in [3.05, 3.63) is 42.1 Å². The van der Waals surface area contributed by atoms with Crippen molar-refractivity contribution in [3.63, 3.8) is 0 Å². The fourth-order valence-corrected chi connectivity index (χ4v) is 5.91. The van der Waals surface area contributed by atoms with Gasteiger partial charge in [-0.25, -0.2) is 24.3 Å². The Morgan fingerprint density at radius 1 is 1.14 bits per heavy atom. The fraction of sp³-hybridized carbons (Fsp3) is 0.560. The summed E-state index contributed by atoms with van der Waals surface area (Å²) in [6, 6.07) is 4.10. The maximum atomic E-state index is 15.8. The van der Waals surface area contributed by atoms with E-state index in [1.54, 1.807) is 22.9 Å². The SMILES string of the molecule is CCSc1nc2cccnc2n1C1CCN(C(=O)C2(F)CCN(Cc3cnc(C)nc3)CC2)CC1. The molecule has 2 fully saturated rings. The molecule has 10 heteroatoms. The first-order valence-electron chi connectivity index (χ1n) is 12.4. The van der Waals surface area contributed by atoms with Crippen LogP contribution in [0, 0.1) is 6.92 Å². The van der Waals surface area contributed by atoms with Crippen LogP contribution in [0.1, 0.15) is 50.0 Å². The summed E-state index contributed by atoms with van der Waals surface area (Å²) in [5.41, 5.74) is 1.02. The average molecular weight is 498 g/mol. The number of carbonyl (C=O) groups is 1. The van der Waals surface area contributed by atoms with Crippen molar-refractivity contribution < 1.29 is 9.18 Å². The Bertz CT molecular complexity index is 1170. The molecule has 2 saturated heterocycles. The van der Waals surface area contributed by atoms with Gasteiger partial charge in [0.1, 0.15) is 11.3 Å². The lowest BCUT2D eigenvalue weighted by molar-refractivity contribution is -0.149. The topological polar surface area (TPSA) is 80.0 Å². The Morgan fingerprint density at radius 2 is 1.86 bits per heavy atom. The average Bonchev–Trinajstić information content (AvgIpc) is 3.25. The van der Waals surface area contributed by atoms with Gasteiger partial charge in [-0.05, 0) is 37.7 Å². The van der Waals surface area contributed by atoms with Gasteiger partial charge < -0.3 is 9.47 Å². The number of amides is 1. The van der Waals surface area contributed by atoms with Crippen LogP contribution in [-0.2, 0) is 11.3 Å². The summed E-state index contributed by atoms with van der Waals surface area (Å²) in [4.78, 5) is 35.0. The van der Waals surface area contributed by atoms with Crippen LogP contribution < -0.4 is 0 Å². The Balaban J connectivity index is 1.19. The standard InChI is InChI=1S/C25H32FN7OS/c1-3-35-24-30-21-5-4-10-27-22(21)33(24)20-6-11-32(12-7-20)23(34)25(26)8-13-31(14-9-25)17-19-15-28-18(2)29-16-19/h4-5,10,15-16,20H,3,6-9,11-14,17H2,1-2H3. The third kappa shape index (κ3) is 5.04. The van der Waals surface area contributed by atoms with Gasteiger partial charge in [0.15, 0.2) is 16.5 Å². The summed E-state index contributed by atoms with van der Waals surface area (Å²) in [7, 11) is 0. The van der Waals surface area contributed by atoms with E-state index in [0.29, 0.717) is 32.7 Å². The van der Waals surface area contributed by atoms with E-state index in [1.807, 2.05) is 31.5 Å². The lowest BCUT2D eigenvalue weighted by atomic mass is 9.90. The zero-order chi connectivity index (χ0) is 24.4. The first-order valence-corrected chi connectivity index (χ1v) is 13.4. The maximum absolute atomic E-state index is 15.8. The van der Waals surface area contributed by atoms with Gasteiger partial charge in [0.05, 0.1) is 0 Å². The molecule has 2 aliphatic heterocycles. The minimum atomic E-state index is -1.78. The highest BCUT2D eigenvalue weighted by Crippen LogP contribution is 2.35. The number of hydrogen-bond donors (Lipinski definition) is 0.